The lowest BCUT2D eigenvalue weighted by Crippen LogP contribution is -2.47. The van der Waals surface area contributed by atoms with Crippen LogP contribution in [0.5, 0.6) is 0 Å². The molecule has 0 aromatic rings. The number of ether oxygens (including phenoxy) is 1. The van der Waals surface area contributed by atoms with E-state index in [-0.39, 0.29) is 6.42 Å². The van der Waals surface area contributed by atoms with Gasteiger partial charge >= 0.3 is 27.3 Å². The predicted molar refractivity (Wildman–Crippen MR) is 47.3 cm³/mol. The fourth-order valence-electron chi connectivity index (χ4n) is 0.729. The van der Waals surface area contributed by atoms with Crippen LogP contribution in [0, 0.1) is 0 Å². The van der Waals surface area contributed by atoms with E-state index in [4.69, 9.17) is 4.55 Å². The number of halogens is 4. The molecule has 0 saturated carbocycles. The Morgan fingerprint density at radius 2 is 1.76 bits per heavy atom. The number of hydrogen-bond acceptors (Lipinski definition) is 4. The summed E-state index contributed by atoms with van der Waals surface area (Å²) in [6, 6.07) is 0. The Morgan fingerprint density at radius 1 is 1.29 bits per heavy atom. The van der Waals surface area contributed by atoms with Crippen molar-refractivity contribution in [2.24, 2.45) is 0 Å². The first-order valence-corrected chi connectivity index (χ1v) is 5.78. The van der Waals surface area contributed by atoms with Gasteiger partial charge in [-0.3, -0.25) is 9.35 Å². The zero-order valence-corrected chi connectivity index (χ0v) is 9.44. The van der Waals surface area contributed by atoms with Gasteiger partial charge in [0.2, 0.25) is 0 Å². The monoisotopic (exact) mass is 282 g/mol. The van der Waals surface area contributed by atoms with E-state index in [2.05, 4.69) is 4.74 Å². The lowest BCUT2D eigenvalue weighted by Gasteiger charge is -2.23. The maximum Gasteiger partial charge on any atom is 0.431 e. The van der Waals surface area contributed by atoms with Gasteiger partial charge in [-0.05, 0) is 0 Å². The van der Waals surface area contributed by atoms with E-state index in [0.717, 1.165) is 0 Å². The minimum atomic E-state index is -6.24. The van der Waals surface area contributed by atoms with Gasteiger partial charge in [-0.25, -0.2) is 0 Å². The summed E-state index contributed by atoms with van der Waals surface area (Å²) in [7, 11) is -6.24. The van der Waals surface area contributed by atoms with Crippen molar-refractivity contribution >= 4 is 16.1 Å². The Morgan fingerprint density at radius 3 is 2.12 bits per heavy atom. The van der Waals surface area contributed by atoms with E-state index in [9.17, 15) is 30.8 Å². The molecule has 0 amide bonds. The average molecular weight is 282 g/mol. The lowest BCUT2D eigenvalue weighted by molar-refractivity contribution is -0.174. The number of carbonyl (C=O) groups excluding carboxylic acids is 1. The summed E-state index contributed by atoms with van der Waals surface area (Å²) in [5.74, 6) is -5.93. The normalized spacial score (nSPS) is 13.5. The maximum atomic E-state index is 12.8. The van der Waals surface area contributed by atoms with E-state index in [1.807, 2.05) is 0 Å². The lowest BCUT2D eigenvalue weighted by atomic mass is 10.2. The van der Waals surface area contributed by atoms with Crippen LogP contribution in [0.15, 0.2) is 0 Å². The van der Waals surface area contributed by atoms with Crippen molar-refractivity contribution in [1.29, 1.82) is 0 Å². The van der Waals surface area contributed by atoms with Crippen molar-refractivity contribution in [2.45, 2.75) is 30.9 Å². The Bertz CT molecular complexity index is 378. The van der Waals surface area contributed by atoms with Gasteiger partial charge in [0.25, 0.3) is 0 Å². The van der Waals surface area contributed by atoms with Crippen LogP contribution in [0.3, 0.4) is 0 Å². The minimum Gasteiger partial charge on any atom is -0.465 e. The summed E-state index contributed by atoms with van der Waals surface area (Å²) in [5.41, 5.74) is 0. The molecule has 10 heteroatoms. The third-order valence-electron chi connectivity index (χ3n) is 1.72. The van der Waals surface area contributed by atoms with E-state index in [0.29, 0.717) is 0 Å². The van der Waals surface area contributed by atoms with Crippen molar-refractivity contribution in [1.82, 2.24) is 0 Å². The Hall–Kier alpha value is -0.900. The number of alkyl halides is 4. The van der Waals surface area contributed by atoms with Gasteiger partial charge in [0.1, 0.15) is 0 Å². The first-order chi connectivity index (χ1) is 7.45. The Kier molecular flexibility index (Phi) is 4.90. The first kappa shape index (κ1) is 16.1. The van der Waals surface area contributed by atoms with Crippen molar-refractivity contribution in [3.05, 3.63) is 0 Å². The van der Waals surface area contributed by atoms with Crippen molar-refractivity contribution in [3.8, 4) is 0 Å². The quantitative estimate of drug-likeness (QED) is 0.453. The van der Waals surface area contributed by atoms with Crippen LogP contribution in [-0.4, -0.2) is 36.7 Å². The molecule has 0 heterocycles. The molecule has 0 aliphatic carbocycles. The number of carbonyl (C=O) groups is 1. The highest BCUT2D eigenvalue weighted by Gasteiger charge is 2.65. The Balaban J connectivity index is 4.64. The number of rotatable bonds is 6. The molecule has 5 nitrogen and oxygen atoms in total. The van der Waals surface area contributed by atoms with Crippen LogP contribution in [0.4, 0.5) is 17.6 Å². The van der Waals surface area contributed by atoms with E-state index < -0.39 is 40.3 Å². The third-order valence-corrected chi connectivity index (χ3v) is 2.66. The molecule has 0 atom stereocenters. The zero-order chi connectivity index (χ0) is 13.9. The molecular formula is C7H10F4O5S. The largest absolute Gasteiger partial charge is 0.465 e. The summed E-state index contributed by atoms with van der Waals surface area (Å²) >= 11 is 0. The number of esters is 1. The summed E-state index contributed by atoms with van der Waals surface area (Å²) < 4.78 is 82.9. The van der Waals surface area contributed by atoms with Crippen molar-refractivity contribution in [2.75, 3.05) is 6.61 Å². The smallest absolute Gasteiger partial charge is 0.431 e. The van der Waals surface area contributed by atoms with Crippen molar-refractivity contribution < 1.29 is 40.1 Å². The molecule has 1 N–H and O–H groups in total. The second-order valence-electron chi connectivity index (χ2n) is 3.02. The standard InChI is InChI=1S/C7H10F4O5S/c1-2-5(12)16-4-3-6(8,9)7(10,11)17(13,14)15/h2-4H2,1H3,(H,13,14,15). The molecule has 0 bridgehead atoms. The van der Waals surface area contributed by atoms with E-state index >= 15 is 0 Å². The molecule has 0 fully saturated rings. The van der Waals surface area contributed by atoms with Crippen LogP contribution < -0.4 is 0 Å². The summed E-state index contributed by atoms with van der Waals surface area (Å²) in [6.45, 7) is 0.276. The van der Waals surface area contributed by atoms with Gasteiger partial charge in [0.15, 0.2) is 0 Å². The molecular weight excluding hydrogens is 272 g/mol. The molecule has 0 spiro atoms. The van der Waals surface area contributed by atoms with Gasteiger partial charge in [-0.2, -0.15) is 26.0 Å². The molecule has 0 saturated heterocycles. The van der Waals surface area contributed by atoms with Crippen LogP contribution in [-0.2, 0) is 19.6 Å². The summed E-state index contributed by atoms with van der Waals surface area (Å²) in [5, 5.41) is -5.63. The molecule has 0 unspecified atom stereocenters. The molecule has 102 valence electrons. The molecule has 0 aliphatic heterocycles. The predicted octanol–water partition coefficient (Wildman–Crippen LogP) is 1.45. The fourth-order valence-corrected chi connectivity index (χ4v) is 1.21. The second-order valence-corrected chi connectivity index (χ2v) is 4.48. The van der Waals surface area contributed by atoms with Gasteiger partial charge in [0.05, 0.1) is 13.0 Å². The van der Waals surface area contributed by atoms with Crippen LogP contribution in [0.25, 0.3) is 0 Å². The van der Waals surface area contributed by atoms with Crippen molar-refractivity contribution in [3.63, 3.8) is 0 Å². The van der Waals surface area contributed by atoms with Gasteiger partial charge in [0, 0.05) is 6.42 Å². The fraction of sp³-hybridized carbons (Fsp3) is 0.857. The first-order valence-electron chi connectivity index (χ1n) is 4.34. The topological polar surface area (TPSA) is 80.7 Å². The maximum absolute atomic E-state index is 12.8. The average Bonchev–Trinajstić information content (AvgIpc) is 2.15. The van der Waals surface area contributed by atoms with E-state index in [1.165, 1.54) is 6.92 Å². The molecule has 0 rings (SSSR count). The minimum absolute atomic E-state index is 0.139. The molecule has 0 aromatic carbocycles. The second kappa shape index (κ2) is 5.17. The zero-order valence-electron chi connectivity index (χ0n) is 8.62. The highest BCUT2D eigenvalue weighted by molar-refractivity contribution is 7.87. The van der Waals surface area contributed by atoms with Crippen LogP contribution in [0.1, 0.15) is 19.8 Å². The SMILES string of the molecule is CCC(=O)OCCC(F)(F)C(F)(F)S(=O)(=O)O. The van der Waals surface area contributed by atoms with Crippen LogP contribution >= 0.6 is 0 Å². The third kappa shape index (κ3) is 3.80. The molecule has 0 aromatic heterocycles. The highest BCUT2D eigenvalue weighted by Crippen LogP contribution is 2.40. The number of hydrogen-bond donors (Lipinski definition) is 1. The highest BCUT2D eigenvalue weighted by atomic mass is 32.2. The molecule has 0 aliphatic rings. The molecule has 0 radical (unpaired) electrons. The van der Waals surface area contributed by atoms with E-state index in [1.54, 1.807) is 0 Å². The summed E-state index contributed by atoms with van der Waals surface area (Å²) in [6.07, 6.45) is -1.86. The summed E-state index contributed by atoms with van der Waals surface area (Å²) in [4.78, 5) is 10.5. The van der Waals surface area contributed by atoms with Gasteiger partial charge < -0.3 is 4.74 Å². The van der Waals surface area contributed by atoms with Crippen LogP contribution in [0.2, 0.25) is 0 Å². The van der Waals surface area contributed by atoms with Gasteiger partial charge in [-0.15, -0.1) is 0 Å². The van der Waals surface area contributed by atoms with Gasteiger partial charge in [-0.1, -0.05) is 6.92 Å². The molecule has 17 heavy (non-hydrogen) atoms. The Labute approximate surface area is 94.5 Å².